The summed E-state index contributed by atoms with van der Waals surface area (Å²) in [7, 11) is 0. The number of hydrogen-bond donors (Lipinski definition) is 3. The molecule has 1 fully saturated rings. The molecular formula is C26H30N2O5. The van der Waals surface area contributed by atoms with Crippen LogP contribution in [0.5, 0.6) is 0 Å². The van der Waals surface area contributed by atoms with E-state index in [1.807, 2.05) is 31.2 Å². The number of carboxylic acids is 1. The Morgan fingerprint density at radius 1 is 1.03 bits per heavy atom. The Kier molecular flexibility index (Phi) is 6.40. The predicted molar refractivity (Wildman–Crippen MR) is 124 cm³/mol. The van der Waals surface area contributed by atoms with E-state index in [1.165, 1.54) is 0 Å². The smallest absolute Gasteiger partial charge is 0.408 e. The molecule has 174 valence electrons. The van der Waals surface area contributed by atoms with Crippen LogP contribution >= 0.6 is 0 Å². The third kappa shape index (κ3) is 4.58. The van der Waals surface area contributed by atoms with Crippen molar-refractivity contribution in [2.75, 3.05) is 6.61 Å². The summed E-state index contributed by atoms with van der Waals surface area (Å²) in [6.45, 7) is 3.65. The van der Waals surface area contributed by atoms with E-state index in [9.17, 15) is 19.5 Å². The Morgan fingerprint density at radius 2 is 1.64 bits per heavy atom. The number of fused-ring (bicyclic) bond motifs is 3. The van der Waals surface area contributed by atoms with Gasteiger partial charge in [-0.1, -0.05) is 55.5 Å². The van der Waals surface area contributed by atoms with Crippen LogP contribution in [0, 0.1) is 5.92 Å². The third-order valence-corrected chi connectivity index (χ3v) is 7.05. The van der Waals surface area contributed by atoms with Gasteiger partial charge in [0, 0.05) is 12.0 Å². The minimum absolute atomic E-state index is 0.0590. The first-order chi connectivity index (χ1) is 15.8. The maximum Gasteiger partial charge on any atom is 0.408 e. The lowest BCUT2D eigenvalue weighted by Gasteiger charge is -2.29. The quantitative estimate of drug-likeness (QED) is 0.590. The summed E-state index contributed by atoms with van der Waals surface area (Å²) in [5.74, 6) is -1.65. The number of carbonyl (C=O) groups excluding carboxylic acids is 2. The lowest BCUT2D eigenvalue weighted by Crippen LogP contribution is -2.58. The van der Waals surface area contributed by atoms with Crippen LogP contribution in [-0.4, -0.2) is 41.3 Å². The Balaban J connectivity index is 1.38. The molecule has 3 N–H and O–H groups in total. The molecule has 1 saturated carbocycles. The summed E-state index contributed by atoms with van der Waals surface area (Å²) in [5.41, 5.74) is 3.39. The fourth-order valence-corrected chi connectivity index (χ4v) is 4.85. The Bertz CT molecular complexity index is 1020. The largest absolute Gasteiger partial charge is 0.481 e. The van der Waals surface area contributed by atoms with Gasteiger partial charge in [0.05, 0.1) is 5.92 Å². The first-order valence-electron chi connectivity index (χ1n) is 11.5. The molecule has 0 bridgehead atoms. The molecule has 4 rings (SSSR count). The van der Waals surface area contributed by atoms with Crippen molar-refractivity contribution in [2.45, 2.75) is 57.0 Å². The second-order valence-electron chi connectivity index (χ2n) is 9.15. The number of amides is 2. The molecule has 0 heterocycles. The van der Waals surface area contributed by atoms with Crippen molar-refractivity contribution in [1.29, 1.82) is 0 Å². The van der Waals surface area contributed by atoms with Gasteiger partial charge in [-0.25, -0.2) is 4.79 Å². The number of carbonyl (C=O) groups is 3. The summed E-state index contributed by atoms with van der Waals surface area (Å²) in [6.07, 6.45) is 1.30. The van der Waals surface area contributed by atoms with Crippen LogP contribution in [0.1, 0.15) is 56.6 Å². The topological polar surface area (TPSA) is 105 Å². The standard InChI is InChI=1S/C26H30N2O5/c1-3-26(2,24(31)27-17-13-12-16(14-17)23(29)30)28-25(32)33-15-22-20-10-6-4-8-18(20)19-9-5-7-11-21(19)22/h4-11,16-17,22H,3,12-15H2,1-2H3,(H,27,31)(H,28,32)(H,29,30). The number of aliphatic carboxylic acids is 1. The molecule has 0 aromatic heterocycles. The first-order valence-corrected chi connectivity index (χ1v) is 11.5. The fourth-order valence-electron chi connectivity index (χ4n) is 4.85. The number of carboxylic acid groups (broad SMARTS) is 1. The molecule has 0 aliphatic heterocycles. The van der Waals surface area contributed by atoms with Crippen LogP contribution in [0.3, 0.4) is 0 Å². The second kappa shape index (κ2) is 9.25. The molecule has 0 spiro atoms. The van der Waals surface area contributed by atoms with Crippen molar-refractivity contribution in [3.63, 3.8) is 0 Å². The Hall–Kier alpha value is -3.35. The molecule has 7 nitrogen and oxygen atoms in total. The molecule has 2 aromatic rings. The molecule has 33 heavy (non-hydrogen) atoms. The minimum atomic E-state index is -1.15. The van der Waals surface area contributed by atoms with Crippen molar-refractivity contribution in [3.05, 3.63) is 59.7 Å². The maximum atomic E-state index is 12.9. The van der Waals surface area contributed by atoms with Crippen LogP contribution in [0.4, 0.5) is 4.79 Å². The molecule has 2 aliphatic rings. The van der Waals surface area contributed by atoms with Gasteiger partial charge in [-0.05, 0) is 54.9 Å². The van der Waals surface area contributed by atoms with Gasteiger partial charge in [-0.15, -0.1) is 0 Å². The van der Waals surface area contributed by atoms with Crippen LogP contribution in [0.25, 0.3) is 11.1 Å². The van der Waals surface area contributed by atoms with Crippen molar-refractivity contribution in [3.8, 4) is 11.1 Å². The maximum absolute atomic E-state index is 12.9. The highest BCUT2D eigenvalue weighted by Gasteiger charge is 2.38. The summed E-state index contributed by atoms with van der Waals surface area (Å²) < 4.78 is 5.60. The van der Waals surface area contributed by atoms with Crippen LogP contribution in [-0.2, 0) is 14.3 Å². The normalized spacial score (nSPS) is 20.9. The van der Waals surface area contributed by atoms with E-state index in [0.29, 0.717) is 25.7 Å². The predicted octanol–water partition coefficient (Wildman–Crippen LogP) is 4.06. The summed E-state index contributed by atoms with van der Waals surface area (Å²) in [6, 6.07) is 16.0. The van der Waals surface area contributed by atoms with Crippen molar-refractivity contribution in [1.82, 2.24) is 10.6 Å². The molecular weight excluding hydrogens is 420 g/mol. The van der Waals surface area contributed by atoms with Gasteiger partial charge in [0.25, 0.3) is 0 Å². The van der Waals surface area contributed by atoms with E-state index < -0.39 is 23.5 Å². The molecule has 2 aromatic carbocycles. The first kappa shape index (κ1) is 22.8. The lowest BCUT2D eigenvalue weighted by molar-refractivity contribution is -0.141. The Morgan fingerprint density at radius 3 is 2.18 bits per heavy atom. The number of rotatable bonds is 7. The van der Waals surface area contributed by atoms with E-state index in [2.05, 4.69) is 34.9 Å². The van der Waals surface area contributed by atoms with E-state index >= 15 is 0 Å². The van der Waals surface area contributed by atoms with Gasteiger partial charge in [0.1, 0.15) is 12.1 Å². The number of ether oxygens (including phenoxy) is 1. The van der Waals surface area contributed by atoms with Crippen LogP contribution in [0.15, 0.2) is 48.5 Å². The van der Waals surface area contributed by atoms with E-state index in [0.717, 1.165) is 22.3 Å². The highest BCUT2D eigenvalue weighted by atomic mass is 16.5. The molecule has 0 radical (unpaired) electrons. The molecule has 3 atom stereocenters. The summed E-state index contributed by atoms with van der Waals surface area (Å²) in [5, 5.41) is 14.8. The van der Waals surface area contributed by atoms with Crippen molar-refractivity contribution in [2.24, 2.45) is 5.92 Å². The highest BCUT2D eigenvalue weighted by molar-refractivity contribution is 5.90. The number of benzene rings is 2. The zero-order valence-electron chi connectivity index (χ0n) is 19.0. The summed E-state index contributed by atoms with van der Waals surface area (Å²) >= 11 is 0. The number of hydrogen-bond acceptors (Lipinski definition) is 4. The Labute approximate surface area is 193 Å². The average molecular weight is 451 g/mol. The average Bonchev–Trinajstić information content (AvgIpc) is 3.40. The van der Waals surface area contributed by atoms with E-state index in [4.69, 9.17) is 4.74 Å². The zero-order chi connectivity index (χ0) is 23.6. The second-order valence-corrected chi connectivity index (χ2v) is 9.15. The number of nitrogens with one attached hydrogen (secondary N) is 2. The van der Waals surface area contributed by atoms with Crippen molar-refractivity contribution >= 4 is 18.0 Å². The van der Waals surface area contributed by atoms with Gasteiger partial charge in [-0.2, -0.15) is 0 Å². The van der Waals surface area contributed by atoms with Crippen LogP contribution in [0.2, 0.25) is 0 Å². The van der Waals surface area contributed by atoms with E-state index in [1.54, 1.807) is 6.92 Å². The molecule has 7 heteroatoms. The highest BCUT2D eigenvalue weighted by Crippen LogP contribution is 2.44. The van der Waals surface area contributed by atoms with Crippen LogP contribution < -0.4 is 10.6 Å². The van der Waals surface area contributed by atoms with Crippen molar-refractivity contribution < 1.29 is 24.2 Å². The zero-order valence-corrected chi connectivity index (χ0v) is 19.0. The number of alkyl carbamates (subject to hydrolysis) is 1. The minimum Gasteiger partial charge on any atom is -0.481 e. The monoisotopic (exact) mass is 450 g/mol. The fraction of sp³-hybridized carbons (Fsp3) is 0.423. The van der Waals surface area contributed by atoms with E-state index in [-0.39, 0.29) is 24.5 Å². The van der Waals surface area contributed by atoms with Gasteiger partial charge in [0.15, 0.2) is 0 Å². The SMILES string of the molecule is CCC(C)(NC(=O)OCC1c2ccccc2-c2ccccc21)C(=O)NC1CCC(C(=O)O)C1. The molecule has 0 saturated heterocycles. The van der Waals surface area contributed by atoms with Gasteiger partial charge < -0.3 is 20.5 Å². The molecule has 2 amide bonds. The summed E-state index contributed by atoms with van der Waals surface area (Å²) in [4.78, 5) is 36.8. The lowest BCUT2D eigenvalue weighted by atomic mass is 9.97. The van der Waals surface area contributed by atoms with Gasteiger partial charge >= 0.3 is 12.1 Å². The molecule has 2 aliphatic carbocycles. The van der Waals surface area contributed by atoms with Gasteiger partial charge in [-0.3, -0.25) is 9.59 Å². The third-order valence-electron chi connectivity index (χ3n) is 7.05. The molecule has 3 unspecified atom stereocenters. The van der Waals surface area contributed by atoms with Gasteiger partial charge in [0.2, 0.25) is 5.91 Å².